The maximum absolute atomic E-state index is 12.4. The molecule has 6 heteroatoms. The van der Waals surface area contributed by atoms with Crippen LogP contribution in [0.5, 0.6) is 0 Å². The van der Waals surface area contributed by atoms with Gasteiger partial charge in [-0.1, -0.05) is 12.8 Å². The molecule has 0 saturated heterocycles. The SMILES string of the molecule is COC(=O)CN(C(=O)c1ccc(Br)o1)C1CCCC1. The van der Waals surface area contributed by atoms with Crippen LogP contribution in [0.25, 0.3) is 0 Å². The van der Waals surface area contributed by atoms with Crippen LogP contribution in [-0.2, 0) is 9.53 Å². The fraction of sp³-hybridized carbons (Fsp3) is 0.538. The van der Waals surface area contributed by atoms with Gasteiger partial charge >= 0.3 is 5.97 Å². The zero-order chi connectivity index (χ0) is 13.8. The maximum Gasteiger partial charge on any atom is 0.325 e. The predicted molar refractivity (Wildman–Crippen MR) is 71.7 cm³/mol. The molecule has 1 aliphatic carbocycles. The van der Waals surface area contributed by atoms with Gasteiger partial charge in [0.15, 0.2) is 10.4 Å². The molecule has 1 aromatic rings. The summed E-state index contributed by atoms with van der Waals surface area (Å²) in [6.07, 6.45) is 4.00. The molecule has 0 bridgehead atoms. The number of carbonyl (C=O) groups is 2. The minimum absolute atomic E-state index is 0.0294. The van der Waals surface area contributed by atoms with E-state index in [1.54, 1.807) is 17.0 Å². The van der Waals surface area contributed by atoms with Crippen LogP contribution in [-0.4, -0.2) is 36.5 Å². The van der Waals surface area contributed by atoms with Crippen LogP contribution in [0.2, 0.25) is 0 Å². The van der Waals surface area contributed by atoms with E-state index < -0.39 is 5.97 Å². The third-order valence-electron chi connectivity index (χ3n) is 3.34. The Morgan fingerprint density at radius 2 is 2.11 bits per heavy atom. The lowest BCUT2D eigenvalue weighted by Crippen LogP contribution is -2.42. The van der Waals surface area contributed by atoms with Crippen molar-refractivity contribution in [2.75, 3.05) is 13.7 Å². The Labute approximate surface area is 120 Å². The molecular formula is C13H16BrNO4. The van der Waals surface area contributed by atoms with Crippen molar-refractivity contribution in [3.8, 4) is 0 Å². The number of furan rings is 1. The van der Waals surface area contributed by atoms with Gasteiger partial charge in [0.05, 0.1) is 7.11 Å². The van der Waals surface area contributed by atoms with Crippen LogP contribution in [0.15, 0.2) is 21.2 Å². The van der Waals surface area contributed by atoms with E-state index in [9.17, 15) is 9.59 Å². The summed E-state index contributed by atoms with van der Waals surface area (Å²) in [7, 11) is 1.32. The van der Waals surface area contributed by atoms with Crippen LogP contribution in [0.1, 0.15) is 36.2 Å². The van der Waals surface area contributed by atoms with E-state index in [1.807, 2.05) is 0 Å². The molecule has 0 N–H and O–H groups in total. The fourth-order valence-electron chi connectivity index (χ4n) is 2.36. The van der Waals surface area contributed by atoms with Crippen molar-refractivity contribution >= 4 is 27.8 Å². The number of hydrogen-bond acceptors (Lipinski definition) is 4. The van der Waals surface area contributed by atoms with Gasteiger partial charge in [-0.3, -0.25) is 9.59 Å². The summed E-state index contributed by atoms with van der Waals surface area (Å²) < 4.78 is 10.4. The molecule has 1 saturated carbocycles. The molecule has 1 amide bonds. The van der Waals surface area contributed by atoms with Crippen molar-refractivity contribution in [3.63, 3.8) is 0 Å². The fourth-order valence-corrected chi connectivity index (χ4v) is 2.66. The molecule has 0 aromatic carbocycles. The zero-order valence-electron chi connectivity index (χ0n) is 10.7. The van der Waals surface area contributed by atoms with Crippen molar-refractivity contribution in [2.45, 2.75) is 31.7 Å². The van der Waals surface area contributed by atoms with Gasteiger partial charge in [0.25, 0.3) is 5.91 Å². The molecule has 1 fully saturated rings. The lowest BCUT2D eigenvalue weighted by molar-refractivity contribution is -0.141. The van der Waals surface area contributed by atoms with Crippen LogP contribution >= 0.6 is 15.9 Å². The minimum Gasteiger partial charge on any atom is -0.468 e. The molecule has 104 valence electrons. The topological polar surface area (TPSA) is 59.8 Å². The number of rotatable bonds is 4. The molecular weight excluding hydrogens is 314 g/mol. The minimum atomic E-state index is -0.411. The highest BCUT2D eigenvalue weighted by molar-refractivity contribution is 9.10. The van der Waals surface area contributed by atoms with Gasteiger partial charge in [0.2, 0.25) is 0 Å². The second-order valence-electron chi connectivity index (χ2n) is 4.55. The van der Waals surface area contributed by atoms with Crippen LogP contribution in [0, 0.1) is 0 Å². The molecule has 0 radical (unpaired) electrons. The average molecular weight is 330 g/mol. The Hall–Kier alpha value is -1.30. The van der Waals surface area contributed by atoms with Gasteiger partial charge in [-0.25, -0.2) is 0 Å². The zero-order valence-corrected chi connectivity index (χ0v) is 12.3. The first kappa shape index (κ1) is 14.1. The van der Waals surface area contributed by atoms with E-state index in [1.165, 1.54) is 7.11 Å². The molecule has 0 aliphatic heterocycles. The number of nitrogens with zero attached hydrogens (tertiary/aromatic N) is 1. The van der Waals surface area contributed by atoms with Gasteiger partial charge in [0.1, 0.15) is 6.54 Å². The molecule has 19 heavy (non-hydrogen) atoms. The molecule has 1 heterocycles. The summed E-state index contributed by atoms with van der Waals surface area (Å²) in [6.45, 7) is -0.0294. The second kappa shape index (κ2) is 6.23. The second-order valence-corrected chi connectivity index (χ2v) is 5.33. The first-order valence-corrected chi connectivity index (χ1v) is 7.04. The summed E-state index contributed by atoms with van der Waals surface area (Å²) in [5.74, 6) is -0.434. The molecule has 5 nitrogen and oxygen atoms in total. The largest absolute Gasteiger partial charge is 0.468 e. The van der Waals surface area contributed by atoms with E-state index in [0.29, 0.717) is 4.67 Å². The van der Waals surface area contributed by atoms with E-state index in [2.05, 4.69) is 20.7 Å². The van der Waals surface area contributed by atoms with Gasteiger partial charge in [0, 0.05) is 6.04 Å². The predicted octanol–water partition coefficient (Wildman–Crippen LogP) is 2.60. The van der Waals surface area contributed by atoms with Crippen LogP contribution in [0.4, 0.5) is 0 Å². The summed E-state index contributed by atoms with van der Waals surface area (Å²) in [6, 6.07) is 3.36. The van der Waals surface area contributed by atoms with Gasteiger partial charge < -0.3 is 14.1 Å². The Balaban J connectivity index is 2.15. The molecule has 1 aromatic heterocycles. The van der Waals surface area contributed by atoms with E-state index in [4.69, 9.17) is 4.42 Å². The van der Waals surface area contributed by atoms with Crippen LogP contribution in [0.3, 0.4) is 0 Å². The Kier molecular flexibility index (Phi) is 4.63. The molecule has 0 unspecified atom stereocenters. The lowest BCUT2D eigenvalue weighted by Gasteiger charge is -2.26. The monoisotopic (exact) mass is 329 g/mol. The average Bonchev–Trinajstić information content (AvgIpc) is 3.05. The van der Waals surface area contributed by atoms with E-state index >= 15 is 0 Å². The first-order chi connectivity index (χ1) is 9.11. The highest BCUT2D eigenvalue weighted by atomic mass is 79.9. The molecule has 0 atom stereocenters. The highest BCUT2D eigenvalue weighted by Gasteiger charge is 2.30. The van der Waals surface area contributed by atoms with E-state index in [-0.39, 0.29) is 24.3 Å². The lowest BCUT2D eigenvalue weighted by atomic mass is 10.2. The number of hydrogen-bond donors (Lipinski definition) is 0. The van der Waals surface area contributed by atoms with Crippen molar-refractivity contribution in [1.29, 1.82) is 0 Å². The van der Waals surface area contributed by atoms with Crippen molar-refractivity contribution in [1.82, 2.24) is 4.90 Å². The normalized spacial score (nSPS) is 15.5. The summed E-state index contributed by atoms with van der Waals surface area (Å²) >= 11 is 3.17. The Morgan fingerprint density at radius 1 is 1.42 bits per heavy atom. The molecule has 0 spiro atoms. The smallest absolute Gasteiger partial charge is 0.325 e. The van der Waals surface area contributed by atoms with Crippen molar-refractivity contribution in [2.24, 2.45) is 0 Å². The third-order valence-corrected chi connectivity index (χ3v) is 3.76. The van der Waals surface area contributed by atoms with Crippen molar-refractivity contribution in [3.05, 3.63) is 22.6 Å². The van der Waals surface area contributed by atoms with E-state index in [0.717, 1.165) is 25.7 Å². The van der Waals surface area contributed by atoms with Gasteiger partial charge in [-0.05, 0) is 40.9 Å². The van der Waals surface area contributed by atoms with Gasteiger partial charge in [-0.15, -0.1) is 0 Å². The van der Waals surface area contributed by atoms with Crippen LogP contribution < -0.4 is 0 Å². The first-order valence-electron chi connectivity index (χ1n) is 6.25. The number of halogens is 1. The summed E-state index contributed by atoms with van der Waals surface area (Å²) in [5.41, 5.74) is 0. The van der Waals surface area contributed by atoms with Gasteiger partial charge in [-0.2, -0.15) is 0 Å². The number of carbonyl (C=O) groups excluding carboxylic acids is 2. The quantitative estimate of drug-likeness (QED) is 0.796. The third kappa shape index (κ3) is 3.37. The number of ether oxygens (including phenoxy) is 1. The standard InChI is InChI=1S/C13H16BrNO4/c1-18-12(16)8-15(9-4-2-3-5-9)13(17)10-6-7-11(14)19-10/h6-7,9H,2-5,8H2,1H3. The Morgan fingerprint density at radius 3 is 2.63 bits per heavy atom. The molecule has 1 aliphatic rings. The van der Waals surface area contributed by atoms with Crippen molar-refractivity contribution < 1.29 is 18.7 Å². The summed E-state index contributed by atoms with van der Waals surface area (Å²) in [4.78, 5) is 25.4. The number of esters is 1. The number of amides is 1. The number of methoxy groups -OCH3 is 1. The maximum atomic E-state index is 12.4. The molecule has 2 rings (SSSR count). The Bertz CT molecular complexity index is 465. The summed E-state index contributed by atoms with van der Waals surface area (Å²) in [5, 5.41) is 0. The highest BCUT2D eigenvalue weighted by Crippen LogP contribution is 2.26.